The van der Waals surface area contributed by atoms with Crippen molar-refractivity contribution in [3.05, 3.63) is 190 Å². The minimum absolute atomic E-state index is 0.0126. The van der Waals surface area contributed by atoms with Crippen LogP contribution in [-0.2, 0) is 71.4 Å². The zero-order chi connectivity index (χ0) is 64.9. The molecule has 0 aromatic heterocycles. The molecule has 0 fully saturated rings. The summed E-state index contributed by atoms with van der Waals surface area (Å²) in [7, 11) is 4.86. The Morgan fingerprint density at radius 1 is 0.348 bits per heavy atom. The van der Waals surface area contributed by atoms with Crippen LogP contribution in [0.4, 0.5) is 0 Å². The third-order valence-electron chi connectivity index (χ3n) is 12.9. The molecule has 0 atom stereocenters. The second kappa shape index (κ2) is 34.4. The summed E-state index contributed by atoms with van der Waals surface area (Å²) in [6, 6.07) is 26.6. The molecule has 5 aromatic rings. The monoisotopic (exact) mass is 1220 g/mol. The van der Waals surface area contributed by atoms with E-state index in [2.05, 4.69) is 18.9 Å². The summed E-state index contributed by atoms with van der Waals surface area (Å²) in [4.78, 5) is 144. The Morgan fingerprint density at radius 2 is 0.618 bits per heavy atom. The molecule has 0 saturated carbocycles. The first-order valence-electron chi connectivity index (χ1n) is 27.5. The zero-order valence-electron chi connectivity index (χ0n) is 49.9. The van der Waals surface area contributed by atoms with E-state index in [1.54, 1.807) is 0 Å². The molecular formula is C67H66O22. The van der Waals surface area contributed by atoms with E-state index in [0.717, 1.165) is 37.5 Å². The lowest BCUT2D eigenvalue weighted by Gasteiger charge is -2.27. The van der Waals surface area contributed by atoms with Crippen LogP contribution in [0.2, 0.25) is 0 Å². The normalized spacial score (nSPS) is 12.4. The molecule has 466 valence electrons. The number of methoxy groups -OCH3 is 4. The number of hydrogen-bond acceptors (Lipinski definition) is 22. The molecule has 0 aliphatic rings. The molecule has 89 heavy (non-hydrogen) atoms. The second-order valence-electron chi connectivity index (χ2n) is 20.0. The lowest BCUT2D eigenvalue weighted by Crippen LogP contribution is -2.42. The van der Waals surface area contributed by atoms with Gasteiger partial charge in [-0.2, -0.15) is 0 Å². The van der Waals surface area contributed by atoms with Crippen LogP contribution in [0.3, 0.4) is 0 Å². The summed E-state index contributed by atoms with van der Waals surface area (Å²) in [5, 5.41) is 0. The Kier molecular flexibility index (Phi) is 26.7. The van der Waals surface area contributed by atoms with E-state index in [9.17, 15) is 52.7 Å². The third kappa shape index (κ3) is 22.2. The quantitative estimate of drug-likeness (QED) is 0.0136. The van der Waals surface area contributed by atoms with E-state index in [-0.39, 0.29) is 34.4 Å². The molecule has 22 nitrogen and oxygen atoms in total. The van der Waals surface area contributed by atoms with Gasteiger partial charge in [0.05, 0.1) is 62.9 Å². The Bertz CT molecular complexity index is 3080. The number of unbranched alkanes of at least 4 members (excludes halogenated alkanes) is 3. The molecule has 0 unspecified atom stereocenters. The Labute approximate surface area is 512 Å². The molecule has 0 spiro atoms. The van der Waals surface area contributed by atoms with Gasteiger partial charge in [0.2, 0.25) is 0 Å². The third-order valence-corrected chi connectivity index (χ3v) is 12.9. The average molecular weight is 1220 g/mol. The number of benzene rings is 5. The van der Waals surface area contributed by atoms with Gasteiger partial charge in [-0.15, -0.1) is 0 Å². The highest BCUT2D eigenvalue weighted by molar-refractivity contribution is 5.95. The lowest BCUT2D eigenvalue weighted by molar-refractivity contribution is -0.150. The first-order chi connectivity index (χ1) is 42.6. The molecule has 0 heterocycles. The predicted molar refractivity (Wildman–Crippen MR) is 319 cm³/mol. The number of hydrogen-bond donors (Lipinski definition) is 0. The maximum Gasteiger partial charge on any atom is 0.338 e. The SMILES string of the molecule is CCCCCCOC(=O)c1cc(OC(=O)C(C)(COC(=O)c2ccc(C=CC(=O)OC)cc2)COC(=O)c2ccc(C=CC(=O)OC)cc2)cc(OC(=O)C(C)(COC(=O)c2ccc(C=CC(=O)OC)cc2)COC(=O)c2ccc(C=CC(=O)OC)cc2)c1. The predicted octanol–water partition coefficient (Wildman–Crippen LogP) is 9.42. The summed E-state index contributed by atoms with van der Waals surface area (Å²) in [6.07, 6.45) is 13.5. The number of carbonyl (C=O) groups excluding carboxylic acids is 11. The van der Waals surface area contributed by atoms with Crippen LogP contribution >= 0.6 is 0 Å². The van der Waals surface area contributed by atoms with Gasteiger partial charge in [-0.05, 0) is 127 Å². The largest absolute Gasteiger partial charge is 0.466 e. The van der Waals surface area contributed by atoms with E-state index in [1.807, 2.05) is 6.92 Å². The number of carbonyl (C=O) groups is 11. The van der Waals surface area contributed by atoms with Gasteiger partial charge in [0.25, 0.3) is 0 Å². The van der Waals surface area contributed by atoms with E-state index in [4.69, 9.17) is 33.2 Å². The highest BCUT2D eigenvalue weighted by Crippen LogP contribution is 2.31. The van der Waals surface area contributed by atoms with Gasteiger partial charge >= 0.3 is 65.7 Å². The van der Waals surface area contributed by atoms with E-state index < -0.39 is 114 Å². The molecule has 0 radical (unpaired) electrons. The van der Waals surface area contributed by atoms with E-state index in [1.165, 1.54) is 188 Å². The van der Waals surface area contributed by atoms with Gasteiger partial charge in [-0.25, -0.2) is 43.2 Å². The molecule has 5 rings (SSSR count). The van der Waals surface area contributed by atoms with Crippen molar-refractivity contribution in [2.45, 2.75) is 46.5 Å². The Hall–Kier alpha value is -10.8. The van der Waals surface area contributed by atoms with Gasteiger partial charge in [-0.3, -0.25) is 9.59 Å². The van der Waals surface area contributed by atoms with Crippen molar-refractivity contribution < 1.29 is 105 Å². The minimum atomic E-state index is -2.03. The van der Waals surface area contributed by atoms with Gasteiger partial charge < -0.3 is 52.1 Å². The number of rotatable bonds is 30. The fourth-order valence-corrected chi connectivity index (χ4v) is 7.45. The first kappa shape index (κ1) is 69.0. The Balaban J connectivity index is 1.48. The molecule has 0 amide bonds. The van der Waals surface area contributed by atoms with Crippen LogP contribution in [0.25, 0.3) is 24.3 Å². The molecule has 0 N–H and O–H groups in total. The van der Waals surface area contributed by atoms with Gasteiger partial charge in [0.15, 0.2) is 0 Å². The van der Waals surface area contributed by atoms with Crippen LogP contribution in [0, 0.1) is 10.8 Å². The van der Waals surface area contributed by atoms with Crippen molar-refractivity contribution >= 4 is 90.0 Å². The lowest BCUT2D eigenvalue weighted by atomic mass is 9.93. The van der Waals surface area contributed by atoms with Crippen molar-refractivity contribution in [3.63, 3.8) is 0 Å². The second-order valence-corrected chi connectivity index (χ2v) is 20.0. The number of ether oxygens (including phenoxy) is 11. The van der Waals surface area contributed by atoms with Crippen molar-refractivity contribution in [2.75, 3.05) is 61.5 Å². The highest BCUT2D eigenvalue weighted by Gasteiger charge is 2.41. The number of esters is 11. The molecular weight excluding hydrogens is 1160 g/mol. The van der Waals surface area contributed by atoms with Crippen molar-refractivity contribution in [1.29, 1.82) is 0 Å². The summed E-state index contributed by atoms with van der Waals surface area (Å²) >= 11 is 0. The summed E-state index contributed by atoms with van der Waals surface area (Å²) in [5.74, 6) is -10.3. The minimum Gasteiger partial charge on any atom is -0.466 e. The topological polar surface area (TPSA) is 289 Å². The summed E-state index contributed by atoms with van der Waals surface area (Å²) in [5.41, 5.74) is -2.12. The summed E-state index contributed by atoms with van der Waals surface area (Å²) in [6.45, 7) is 1.44. The first-order valence-corrected chi connectivity index (χ1v) is 27.5. The van der Waals surface area contributed by atoms with Crippen LogP contribution in [0.15, 0.2) is 140 Å². The molecule has 0 bridgehead atoms. The van der Waals surface area contributed by atoms with Crippen LogP contribution in [-0.4, -0.2) is 127 Å². The van der Waals surface area contributed by atoms with Gasteiger partial charge in [0.1, 0.15) is 48.8 Å². The van der Waals surface area contributed by atoms with Crippen molar-refractivity contribution in [1.82, 2.24) is 0 Å². The standard InChI is InChI=1S/C67H66O22/c1-8-9-10-11-36-83-63(76)52-37-53(88-64(77)66(2,40-84-59(72)48-24-12-44(13-25-48)20-32-55(68)79-4)41-85-60(73)49-26-14-45(15-27-49)21-33-56(69)80-5)39-54(38-52)89-65(78)67(3,42-86-61(74)50-28-16-46(17-29-50)22-34-57(70)81-6)43-87-62(75)51-30-18-47(19-31-51)23-35-58(71)82-7/h12-35,37-39H,8-11,36,40-43H2,1-7H3. The molecule has 0 aliphatic carbocycles. The van der Waals surface area contributed by atoms with Crippen LogP contribution < -0.4 is 9.47 Å². The zero-order valence-corrected chi connectivity index (χ0v) is 49.9. The van der Waals surface area contributed by atoms with Gasteiger partial charge in [0, 0.05) is 30.4 Å². The molecule has 0 saturated heterocycles. The average Bonchev–Trinajstić information content (AvgIpc) is 1.49. The van der Waals surface area contributed by atoms with E-state index >= 15 is 0 Å². The highest BCUT2D eigenvalue weighted by atomic mass is 16.6. The fourth-order valence-electron chi connectivity index (χ4n) is 7.45. The van der Waals surface area contributed by atoms with Crippen LogP contribution in [0.5, 0.6) is 11.5 Å². The molecule has 5 aromatic carbocycles. The van der Waals surface area contributed by atoms with Crippen molar-refractivity contribution in [2.24, 2.45) is 10.8 Å². The van der Waals surface area contributed by atoms with Gasteiger partial charge in [-0.1, -0.05) is 74.7 Å². The smallest absolute Gasteiger partial charge is 0.338 e. The van der Waals surface area contributed by atoms with E-state index in [0.29, 0.717) is 28.7 Å². The molecule has 22 heteroatoms. The fraction of sp³-hybridized carbons (Fsp3) is 0.269. The maximum atomic E-state index is 14.6. The molecule has 0 aliphatic heterocycles. The maximum absolute atomic E-state index is 14.6. The van der Waals surface area contributed by atoms with Crippen molar-refractivity contribution in [3.8, 4) is 11.5 Å². The van der Waals surface area contributed by atoms with Crippen LogP contribution in [0.1, 0.15) is 120 Å². The summed E-state index contributed by atoms with van der Waals surface area (Å²) < 4.78 is 58.4. The Morgan fingerprint density at radius 3 is 0.876 bits per heavy atom.